The maximum absolute atomic E-state index is 10.7. The van der Waals surface area contributed by atoms with Crippen molar-refractivity contribution >= 4 is 18.9 Å². The van der Waals surface area contributed by atoms with Crippen LogP contribution in [-0.4, -0.2) is 32.1 Å². The van der Waals surface area contributed by atoms with Crippen LogP contribution in [0.3, 0.4) is 0 Å². The minimum Gasteiger partial charge on any atom is -0.496 e. The molecule has 1 aromatic rings. The van der Waals surface area contributed by atoms with Crippen LogP contribution in [0, 0.1) is 0 Å². The Balaban J connectivity index is 2.97. The molecular formula is C10H13BO4. The van der Waals surface area contributed by atoms with E-state index < -0.39 is 7.12 Å². The van der Waals surface area contributed by atoms with Crippen molar-refractivity contribution in [2.24, 2.45) is 0 Å². The molecule has 1 rings (SSSR count). The second-order valence-electron chi connectivity index (χ2n) is 2.93. The van der Waals surface area contributed by atoms with Gasteiger partial charge in [-0.2, -0.15) is 0 Å². The minimum absolute atomic E-state index is 0.397. The van der Waals surface area contributed by atoms with Crippen molar-refractivity contribution in [2.75, 3.05) is 13.7 Å². The molecule has 0 atom stereocenters. The lowest BCUT2D eigenvalue weighted by Gasteiger charge is -2.08. The van der Waals surface area contributed by atoms with Crippen LogP contribution in [-0.2, 0) is 4.65 Å². The lowest BCUT2D eigenvalue weighted by molar-refractivity contribution is 0.112. The van der Waals surface area contributed by atoms with Gasteiger partial charge in [-0.1, -0.05) is 6.07 Å². The highest BCUT2D eigenvalue weighted by Crippen LogP contribution is 2.13. The zero-order valence-electron chi connectivity index (χ0n) is 8.77. The fraction of sp³-hybridized carbons (Fsp3) is 0.300. The van der Waals surface area contributed by atoms with Gasteiger partial charge in [0.05, 0.1) is 12.7 Å². The predicted octanol–water partition coefficient (Wildman–Crippen LogP) is 0.232. The van der Waals surface area contributed by atoms with Crippen molar-refractivity contribution in [2.45, 2.75) is 6.92 Å². The smallest absolute Gasteiger partial charge is 0.491 e. The second kappa shape index (κ2) is 5.53. The molecule has 0 saturated carbocycles. The molecule has 15 heavy (non-hydrogen) atoms. The van der Waals surface area contributed by atoms with Gasteiger partial charge >= 0.3 is 7.12 Å². The Hall–Kier alpha value is -1.33. The maximum atomic E-state index is 10.7. The molecule has 0 amide bonds. The number of benzene rings is 1. The van der Waals surface area contributed by atoms with E-state index in [1.54, 1.807) is 25.1 Å². The van der Waals surface area contributed by atoms with Gasteiger partial charge in [-0.15, -0.1) is 0 Å². The molecule has 4 nitrogen and oxygen atoms in total. The van der Waals surface area contributed by atoms with Crippen molar-refractivity contribution < 1.29 is 19.2 Å². The highest BCUT2D eigenvalue weighted by atomic mass is 16.5. The van der Waals surface area contributed by atoms with E-state index in [1.807, 2.05) is 0 Å². The molecule has 0 saturated heterocycles. The van der Waals surface area contributed by atoms with Crippen molar-refractivity contribution in [3.05, 3.63) is 23.8 Å². The first-order chi connectivity index (χ1) is 7.22. The van der Waals surface area contributed by atoms with Crippen molar-refractivity contribution in [1.29, 1.82) is 0 Å². The molecule has 0 fully saturated rings. The number of carbonyl (C=O) groups excluding carboxylic acids is 1. The molecule has 0 unspecified atom stereocenters. The van der Waals surface area contributed by atoms with Gasteiger partial charge in [0.1, 0.15) is 5.75 Å². The predicted molar refractivity (Wildman–Crippen MR) is 57.6 cm³/mol. The quantitative estimate of drug-likeness (QED) is 0.555. The third-order valence-electron chi connectivity index (χ3n) is 1.99. The van der Waals surface area contributed by atoms with Crippen LogP contribution >= 0.6 is 0 Å². The molecule has 0 radical (unpaired) electrons. The first kappa shape index (κ1) is 11.7. The van der Waals surface area contributed by atoms with Crippen LogP contribution in [0.15, 0.2) is 18.2 Å². The highest BCUT2D eigenvalue weighted by molar-refractivity contribution is 6.60. The van der Waals surface area contributed by atoms with Crippen LogP contribution in [0.4, 0.5) is 0 Å². The summed E-state index contributed by atoms with van der Waals surface area (Å²) in [5.74, 6) is 0.484. The van der Waals surface area contributed by atoms with Gasteiger partial charge in [-0.3, -0.25) is 4.79 Å². The number of carbonyl (C=O) groups is 1. The molecule has 0 spiro atoms. The van der Waals surface area contributed by atoms with Crippen molar-refractivity contribution in [1.82, 2.24) is 0 Å². The van der Waals surface area contributed by atoms with Crippen LogP contribution in [0.25, 0.3) is 0 Å². The molecule has 0 heterocycles. The summed E-state index contributed by atoms with van der Waals surface area (Å²) in [5.41, 5.74) is 0.938. The van der Waals surface area contributed by atoms with E-state index in [-0.39, 0.29) is 0 Å². The molecule has 5 heteroatoms. The molecule has 0 bridgehead atoms. The average molecular weight is 208 g/mol. The van der Waals surface area contributed by atoms with Crippen molar-refractivity contribution in [3.8, 4) is 5.75 Å². The fourth-order valence-electron chi connectivity index (χ4n) is 1.25. The molecule has 0 aliphatic rings. The zero-order chi connectivity index (χ0) is 11.3. The van der Waals surface area contributed by atoms with Crippen molar-refractivity contribution in [3.63, 3.8) is 0 Å². The van der Waals surface area contributed by atoms with E-state index in [2.05, 4.69) is 0 Å². The zero-order valence-corrected chi connectivity index (χ0v) is 8.77. The van der Waals surface area contributed by atoms with Crippen LogP contribution < -0.4 is 10.2 Å². The molecule has 1 aromatic carbocycles. The summed E-state index contributed by atoms with van der Waals surface area (Å²) in [4.78, 5) is 10.7. The summed E-state index contributed by atoms with van der Waals surface area (Å²) in [5, 5.41) is 9.53. The van der Waals surface area contributed by atoms with Gasteiger partial charge in [-0.05, 0) is 24.5 Å². The lowest BCUT2D eigenvalue weighted by Crippen LogP contribution is -2.33. The highest BCUT2D eigenvalue weighted by Gasteiger charge is 2.17. The third kappa shape index (κ3) is 2.81. The van der Waals surface area contributed by atoms with Gasteiger partial charge < -0.3 is 14.4 Å². The summed E-state index contributed by atoms with van der Waals surface area (Å²) in [7, 11) is 0.487. The first-order valence-corrected chi connectivity index (χ1v) is 4.65. The van der Waals surface area contributed by atoms with Gasteiger partial charge in [-0.25, -0.2) is 0 Å². The number of hydrogen-bond acceptors (Lipinski definition) is 4. The van der Waals surface area contributed by atoms with E-state index in [9.17, 15) is 9.82 Å². The largest absolute Gasteiger partial charge is 0.496 e. The second-order valence-corrected chi connectivity index (χ2v) is 2.93. The maximum Gasteiger partial charge on any atom is 0.491 e. The summed E-state index contributed by atoms with van der Waals surface area (Å²) in [6.07, 6.45) is 0.682. The standard InChI is InChI=1S/C10H13BO4/c1-3-15-11(13)9-4-5-10(14-2)8(6-9)7-12/h4-7,13H,3H2,1-2H3. The Morgan fingerprint density at radius 3 is 2.80 bits per heavy atom. The topological polar surface area (TPSA) is 55.8 Å². The minimum atomic E-state index is -1.00. The van der Waals surface area contributed by atoms with E-state index in [0.29, 0.717) is 29.7 Å². The van der Waals surface area contributed by atoms with Crippen LogP contribution in [0.1, 0.15) is 17.3 Å². The van der Waals surface area contributed by atoms with E-state index in [4.69, 9.17) is 9.39 Å². The van der Waals surface area contributed by atoms with Crippen LogP contribution in [0.5, 0.6) is 5.75 Å². The summed E-state index contributed by atoms with van der Waals surface area (Å²) < 4.78 is 9.98. The average Bonchev–Trinajstić information content (AvgIpc) is 2.28. The normalized spacial score (nSPS) is 9.80. The van der Waals surface area contributed by atoms with Gasteiger partial charge in [0.25, 0.3) is 0 Å². The Labute approximate surface area is 89.0 Å². The first-order valence-electron chi connectivity index (χ1n) is 4.65. The number of rotatable bonds is 5. The number of hydrogen-bond donors (Lipinski definition) is 1. The molecular weight excluding hydrogens is 195 g/mol. The van der Waals surface area contributed by atoms with Gasteiger partial charge in [0.2, 0.25) is 0 Å². The monoisotopic (exact) mass is 208 g/mol. The fourth-order valence-corrected chi connectivity index (χ4v) is 1.25. The summed E-state index contributed by atoms with van der Waals surface area (Å²) in [6, 6.07) is 4.83. The molecule has 1 N–H and O–H groups in total. The Kier molecular flexibility index (Phi) is 4.33. The molecule has 0 aliphatic carbocycles. The summed E-state index contributed by atoms with van der Waals surface area (Å²) in [6.45, 7) is 2.19. The summed E-state index contributed by atoms with van der Waals surface area (Å²) >= 11 is 0. The van der Waals surface area contributed by atoms with E-state index in [0.717, 1.165) is 0 Å². The van der Waals surface area contributed by atoms with Gasteiger partial charge in [0, 0.05) is 6.61 Å². The number of methoxy groups -OCH3 is 1. The third-order valence-corrected chi connectivity index (χ3v) is 1.99. The van der Waals surface area contributed by atoms with E-state index >= 15 is 0 Å². The lowest BCUT2D eigenvalue weighted by atomic mass is 9.79. The SMILES string of the molecule is CCOB(O)c1ccc(OC)c(C=O)c1. The Morgan fingerprint density at radius 2 is 2.27 bits per heavy atom. The Bertz CT molecular complexity index is 340. The number of ether oxygens (including phenoxy) is 1. The number of aldehydes is 1. The molecule has 0 aromatic heterocycles. The van der Waals surface area contributed by atoms with Gasteiger partial charge in [0.15, 0.2) is 6.29 Å². The van der Waals surface area contributed by atoms with E-state index in [1.165, 1.54) is 7.11 Å². The molecule has 80 valence electrons. The molecule has 0 aliphatic heterocycles. The van der Waals surface area contributed by atoms with Crippen LogP contribution in [0.2, 0.25) is 0 Å². The Morgan fingerprint density at radius 1 is 1.53 bits per heavy atom.